The molecule has 0 saturated heterocycles. The Balaban J connectivity index is 1.21. The van der Waals surface area contributed by atoms with Crippen molar-refractivity contribution in [3.05, 3.63) is 150 Å². The van der Waals surface area contributed by atoms with E-state index >= 15 is 0 Å². The fourth-order valence-electron chi connectivity index (χ4n) is 8.81. The second-order valence-corrected chi connectivity index (χ2v) is 12.6. The van der Waals surface area contributed by atoms with E-state index in [0.29, 0.717) is 35.9 Å². The summed E-state index contributed by atoms with van der Waals surface area (Å²) in [5, 5.41) is 0. The summed E-state index contributed by atoms with van der Waals surface area (Å²) in [6.07, 6.45) is 24.2. The van der Waals surface area contributed by atoms with Crippen LogP contribution < -0.4 is 9.80 Å². The minimum Gasteiger partial charge on any atom is -0.358 e. The van der Waals surface area contributed by atoms with Gasteiger partial charge >= 0.3 is 0 Å². The van der Waals surface area contributed by atoms with E-state index in [4.69, 9.17) is 0 Å². The van der Waals surface area contributed by atoms with Crippen molar-refractivity contribution in [2.45, 2.75) is 56.7 Å². The highest BCUT2D eigenvalue weighted by Gasteiger charge is 2.49. The van der Waals surface area contributed by atoms with Gasteiger partial charge in [-0.15, -0.1) is 0 Å². The van der Waals surface area contributed by atoms with Gasteiger partial charge in [0.05, 0.1) is 18.1 Å². The predicted octanol–water partition coefficient (Wildman–Crippen LogP) is 9.59. The fraction of sp³-hybridized carbons (Fsp3) is 0.300. The van der Waals surface area contributed by atoms with E-state index in [2.05, 4.69) is 143 Å². The smallest absolute Gasteiger partial charge is 0.0556 e. The van der Waals surface area contributed by atoms with Gasteiger partial charge in [0.1, 0.15) is 0 Å². The van der Waals surface area contributed by atoms with Crippen LogP contribution in [0.4, 0.5) is 17.1 Å². The minimum atomic E-state index is 0.349. The van der Waals surface area contributed by atoms with Crippen molar-refractivity contribution in [3.8, 4) is 0 Å². The molecule has 0 N–H and O–H groups in total. The maximum atomic E-state index is 2.76. The third-order valence-corrected chi connectivity index (χ3v) is 10.5. The van der Waals surface area contributed by atoms with Crippen LogP contribution in [0.25, 0.3) is 0 Å². The summed E-state index contributed by atoms with van der Waals surface area (Å²) >= 11 is 0. The zero-order valence-corrected chi connectivity index (χ0v) is 24.3. The summed E-state index contributed by atoms with van der Waals surface area (Å²) in [4.78, 5) is 5.38. The Hall–Kier alpha value is -4.04. The summed E-state index contributed by atoms with van der Waals surface area (Å²) < 4.78 is 0. The van der Waals surface area contributed by atoms with Gasteiger partial charge in [0.25, 0.3) is 0 Å². The Labute approximate surface area is 251 Å². The van der Waals surface area contributed by atoms with Crippen LogP contribution in [0.15, 0.2) is 150 Å². The van der Waals surface area contributed by atoms with E-state index in [9.17, 15) is 0 Å². The van der Waals surface area contributed by atoms with Crippen LogP contribution in [0, 0.1) is 17.8 Å². The molecule has 0 bridgehead atoms. The van der Waals surface area contributed by atoms with Crippen LogP contribution in [-0.2, 0) is 0 Å². The summed E-state index contributed by atoms with van der Waals surface area (Å²) in [6, 6.07) is 34.5. The van der Waals surface area contributed by atoms with Crippen LogP contribution in [0.3, 0.4) is 0 Å². The van der Waals surface area contributed by atoms with Crippen molar-refractivity contribution >= 4 is 17.1 Å². The molecule has 5 aliphatic carbocycles. The molecule has 2 nitrogen and oxygen atoms in total. The first-order valence-corrected chi connectivity index (χ1v) is 16.0. The number of rotatable bonds is 6. The van der Waals surface area contributed by atoms with E-state index in [0.717, 1.165) is 12.8 Å². The van der Waals surface area contributed by atoms with Gasteiger partial charge in [0.2, 0.25) is 0 Å². The van der Waals surface area contributed by atoms with Gasteiger partial charge in [0, 0.05) is 17.1 Å². The van der Waals surface area contributed by atoms with Gasteiger partial charge in [-0.2, -0.15) is 0 Å². The first-order valence-electron chi connectivity index (χ1n) is 16.0. The Morgan fingerprint density at radius 3 is 1.98 bits per heavy atom. The number of para-hydroxylation sites is 3. The lowest BCUT2D eigenvalue weighted by Crippen LogP contribution is -2.51. The first-order chi connectivity index (χ1) is 20.9. The lowest BCUT2D eigenvalue weighted by molar-refractivity contribution is 0.208. The number of hydrogen-bond acceptors (Lipinski definition) is 2. The molecule has 0 aromatic heterocycles. The summed E-state index contributed by atoms with van der Waals surface area (Å²) in [5.41, 5.74) is 9.08. The van der Waals surface area contributed by atoms with Crippen LogP contribution in [0.1, 0.15) is 38.5 Å². The highest BCUT2D eigenvalue weighted by molar-refractivity contribution is 5.66. The van der Waals surface area contributed by atoms with Crippen molar-refractivity contribution in [2.75, 3.05) is 9.80 Å². The van der Waals surface area contributed by atoms with Gasteiger partial charge in [-0.25, -0.2) is 0 Å². The molecule has 1 saturated carbocycles. The molecule has 0 radical (unpaired) electrons. The molecule has 8 rings (SSSR count). The number of allylic oxidation sites excluding steroid dienone is 5. The van der Waals surface area contributed by atoms with E-state index < -0.39 is 0 Å². The molecule has 5 aliphatic rings. The average molecular weight is 549 g/mol. The zero-order valence-electron chi connectivity index (χ0n) is 24.3. The molecule has 3 aromatic carbocycles. The van der Waals surface area contributed by atoms with Crippen LogP contribution in [0.2, 0.25) is 0 Å². The maximum absolute atomic E-state index is 2.76. The van der Waals surface area contributed by atoms with Gasteiger partial charge in [-0.05, 0) is 109 Å². The second-order valence-electron chi connectivity index (χ2n) is 12.6. The van der Waals surface area contributed by atoms with Crippen molar-refractivity contribution in [3.63, 3.8) is 0 Å². The third-order valence-electron chi connectivity index (χ3n) is 10.5. The highest BCUT2D eigenvalue weighted by Crippen LogP contribution is 2.56. The lowest BCUT2D eigenvalue weighted by Gasteiger charge is -2.54. The Kier molecular flexibility index (Phi) is 6.71. The van der Waals surface area contributed by atoms with Gasteiger partial charge in [0.15, 0.2) is 0 Å². The van der Waals surface area contributed by atoms with E-state index in [-0.39, 0.29) is 0 Å². The standard InChI is InChI=1S/C40H40N2/c1-5-13-31(14-6-1)41(32-15-7-2-8-16-32)37-27-23-29-22-26-36-38(28-24-30-21-25-35(37)39(29)40(30)36)42(33-17-9-3-10-18-33)34-19-11-4-12-20-34/h1-19,23-24,27,29,34-35,37-39H,20-22,25-26,28H2. The number of hydrogen-bond donors (Lipinski definition) is 0. The molecular formula is C40H40N2. The van der Waals surface area contributed by atoms with Crippen molar-refractivity contribution in [1.29, 1.82) is 0 Å². The Morgan fingerprint density at radius 1 is 0.619 bits per heavy atom. The largest absolute Gasteiger partial charge is 0.358 e. The third kappa shape index (κ3) is 4.40. The molecule has 0 heterocycles. The van der Waals surface area contributed by atoms with E-state index in [1.54, 1.807) is 16.7 Å². The van der Waals surface area contributed by atoms with Crippen LogP contribution in [-0.4, -0.2) is 18.1 Å². The molecule has 6 atom stereocenters. The van der Waals surface area contributed by atoms with Crippen molar-refractivity contribution in [2.24, 2.45) is 17.8 Å². The van der Waals surface area contributed by atoms with Crippen molar-refractivity contribution < 1.29 is 0 Å². The summed E-state index contributed by atoms with van der Waals surface area (Å²) in [6.45, 7) is 0. The van der Waals surface area contributed by atoms with Gasteiger partial charge in [-0.1, -0.05) is 97.1 Å². The Bertz CT molecular complexity index is 1520. The topological polar surface area (TPSA) is 6.48 Å². The molecular weight excluding hydrogens is 508 g/mol. The fourth-order valence-corrected chi connectivity index (χ4v) is 8.81. The van der Waals surface area contributed by atoms with Crippen LogP contribution >= 0.6 is 0 Å². The Morgan fingerprint density at radius 2 is 1.31 bits per heavy atom. The molecule has 6 unspecified atom stereocenters. The van der Waals surface area contributed by atoms with E-state index in [1.165, 1.54) is 42.7 Å². The zero-order chi connectivity index (χ0) is 27.9. The first kappa shape index (κ1) is 25.7. The molecule has 0 aliphatic heterocycles. The number of benzene rings is 3. The summed E-state index contributed by atoms with van der Waals surface area (Å²) in [7, 11) is 0. The molecule has 42 heavy (non-hydrogen) atoms. The van der Waals surface area contributed by atoms with Gasteiger partial charge < -0.3 is 9.80 Å². The highest BCUT2D eigenvalue weighted by atomic mass is 15.2. The molecule has 3 aromatic rings. The molecule has 2 heteroatoms. The monoisotopic (exact) mass is 548 g/mol. The maximum Gasteiger partial charge on any atom is 0.0556 e. The molecule has 0 amide bonds. The number of anilines is 3. The average Bonchev–Trinajstić information content (AvgIpc) is 3.07. The molecule has 0 spiro atoms. The minimum absolute atomic E-state index is 0.349. The SMILES string of the molecule is C1=CCC(N(c2ccccc2)C2CC=C3CCC4C5C3=C2CCC5C=CC4N(c2ccccc2)c2ccccc2)C=C1. The predicted molar refractivity (Wildman–Crippen MR) is 176 cm³/mol. The lowest BCUT2D eigenvalue weighted by atomic mass is 9.56. The molecule has 210 valence electrons. The quantitative estimate of drug-likeness (QED) is 0.283. The van der Waals surface area contributed by atoms with E-state index in [1.807, 2.05) is 0 Å². The second kappa shape index (κ2) is 11.0. The van der Waals surface area contributed by atoms with Crippen LogP contribution in [0.5, 0.6) is 0 Å². The van der Waals surface area contributed by atoms with Gasteiger partial charge in [-0.3, -0.25) is 0 Å². The summed E-state index contributed by atoms with van der Waals surface area (Å²) in [5.74, 6) is 1.84. The normalized spacial score (nSPS) is 29.1. The molecule has 1 fully saturated rings. The number of nitrogens with zero attached hydrogens (tertiary/aromatic N) is 2. The van der Waals surface area contributed by atoms with Crippen molar-refractivity contribution in [1.82, 2.24) is 0 Å².